The molecule has 1 aromatic carbocycles. The van der Waals surface area contributed by atoms with E-state index in [1.54, 1.807) is 0 Å². The molecule has 0 radical (unpaired) electrons. The van der Waals surface area contributed by atoms with Crippen LogP contribution in [0.1, 0.15) is 61.6 Å². The first-order chi connectivity index (χ1) is 10.3. The first kappa shape index (κ1) is 13.3. The third-order valence-corrected chi connectivity index (χ3v) is 5.11. The van der Waals surface area contributed by atoms with Crippen LogP contribution in [-0.4, -0.2) is 30.1 Å². The van der Waals surface area contributed by atoms with Gasteiger partial charge in [0, 0.05) is 13.2 Å². The maximum atomic E-state index is 12.7. The number of ether oxygens (including phenoxy) is 1. The predicted octanol–water partition coefficient (Wildman–Crippen LogP) is 3.41. The van der Waals surface area contributed by atoms with Crippen molar-refractivity contribution in [1.82, 2.24) is 4.90 Å². The number of nitrogens with zero attached hydrogens (tertiary/aromatic N) is 1. The highest BCUT2D eigenvalue weighted by Crippen LogP contribution is 2.45. The van der Waals surface area contributed by atoms with Gasteiger partial charge in [-0.1, -0.05) is 24.3 Å². The molecular formula is C18H23NO2. The van der Waals surface area contributed by atoms with E-state index in [2.05, 4.69) is 29.2 Å². The average Bonchev–Trinajstić information content (AvgIpc) is 3.04. The van der Waals surface area contributed by atoms with Crippen LogP contribution in [0, 0.1) is 0 Å². The van der Waals surface area contributed by atoms with Gasteiger partial charge in [-0.2, -0.15) is 0 Å². The molecule has 1 aliphatic carbocycles. The zero-order valence-corrected chi connectivity index (χ0v) is 12.5. The normalized spacial score (nSPS) is 29.0. The number of likely N-dealkylation sites (tertiary alicyclic amines) is 1. The summed E-state index contributed by atoms with van der Waals surface area (Å²) in [5.74, 6) is 0.960. The molecule has 2 atom stereocenters. The van der Waals surface area contributed by atoms with Crippen molar-refractivity contribution in [2.24, 2.45) is 0 Å². The van der Waals surface area contributed by atoms with E-state index in [0.29, 0.717) is 0 Å². The Labute approximate surface area is 126 Å². The molecule has 1 aromatic rings. The number of rotatable bonds is 3. The molecule has 1 amide bonds. The van der Waals surface area contributed by atoms with Crippen molar-refractivity contribution in [3.8, 4) is 0 Å². The van der Waals surface area contributed by atoms with E-state index in [9.17, 15) is 4.79 Å². The van der Waals surface area contributed by atoms with Crippen LogP contribution in [0.3, 0.4) is 0 Å². The van der Waals surface area contributed by atoms with E-state index >= 15 is 0 Å². The minimum atomic E-state index is -0.182. The molecule has 2 unspecified atom stereocenters. The number of hydrogen-bond donors (Lipinski definition) is 0. The van der Waals surface area contributed by atoms with Crippen molar-refractivity contribution >= 4 is 5.91 Å². The minimum Gasteiger partial charge on any atom is -0.368 e. The molecule has 0 bridgehead atoms. The summed E-state index contributed by atoms with van der Waals surface area (Å²) in [5, 5.41) is 0. The quantitative estimate of drug-likeness (QED) is 0.852. The van der Waals surface area contributed by atoms with Crippen LogP contribution in [0.5, 0.6) is 0 Å². The van der Waals surface area contributed by atoms with Gasteiger partial charge in [0.15, 0.2) is 0 Å². The van der Waals surface area contributed by atoms with Crippen LogP contribution in [0.4, 0.5) is 0 Å². The van der Waals surface area contributed by atoms with Crippen LogP contribution in [0.2, 0.25) is 0 Å². The molecule has 2 saturated heterocycles. The summed E-state index contributed by atoms with van der Waals surface area (Å²) in [7, 11) is 0. The molecule has 4 rings (SSSR count). The fourth-order valence-corrected chi connectivity index (χ4v) is 3.89. The van der Waals surface area contributed by atoms with Crippen molar-refractivity contribution in [3.05, 3.63) is 35.4 Å². The molecule has 112 valence electrons. The molecule has 0 N–H and O–H groups in total. The third kappa shape index (κ3) is 2.48. The lowest BCUT2D eigenvalue weighted by Crippen LogP contribution is -2.38. The molecule has 3 aliphatic rings. The van der Waals surface area contributed by atoms with Crippen LogP contribution < -0.4 is 0 Å². The Morgan fingerprint density at radius 3 is 2.57 bits per heavy atom. The van der Waals surface area contributed by atoms with E-state index < -0.39 is 0 Å². The zero-order valence-electron chi connectivity index (χ0n) is 12.5. The highest BCUT2D eigenvalue weighted by molar-refractivity contribution is 5.82. The fraction of sp³-hybridized carbons (Fsp3) is 0.611. The topological polar surface area (TPSA) is 29.5 Å². The summed E-state index contributed by atoms with van der Waals surface area (Å²) in [4.78, 5) is 14.8. The predicted molar refractivity (Wildman–Crippen MR) is 81.1 cm³/mol. The SMILES string of the molecule is O=C(C1CCCO1)N1CCCC1c1ccccc1C1CC1. The number of hydrogen-bond acceptors (Lipinski definition) is 2. The van der Waals surface area contributed by atoms with E-state index in [-0.39, 0.29) is 18.1 Å². The molecule has 21 heavy (non-hydrogen) atoms. The molecule has 2 aliphatic heterocycles. The van der Waals surface area contributed by atoms with Gasteiger partial charge in [-0.3, -0.25) is 4.79 Å². The van der Waals surface area contributed by atoms with E-state index in [1.807, 2.05) is 0 Å². The first-order valence-corrected chi connectivity index (χ1v) is 8.35. The van der Waals surface area contributed by atoms with E-state index in [0.717, 1.165) is 44.8 Å². The second-order valence-electron chi connectivity index (χ2n) is 6.59. The highest BCUT2D eigenvalue weighted by Gasteiger charge is 2.38. The summed E-state index contributed by atoms with van der Waals surface area (Å²) in [6.45, 7) is 1.63. The first-order valence-electron chi connectivity index (χ1n) is 8.35. The van der Waals surface area contributed by atoms with E-state index in [4.69, 9.17) is 4.74 Å². The van der Waals surface area contributed by atoms with Crippen molar-refractivity contribution in [3.63, 3.8) is 0 Å². The number of benzene rings is 1. The van der Waals surface area contributed by atoms with Crippen LogP contribution in [0.15, 0.2) is 24.3 Å². The van der Waals surface area contributed by atoms with Gasteiger partial charge in [0.2, 0.25) is 0 Å². The standard InChI is InChI=1S/C18H23NO2/c20-18(17-8-4-12-21-17)19-11-3-7-16(19)15-6-2-1-5-14(15)13-9-10-13/h1-2,5-6,13,16-17H,3-4,7-12H2. The van der Waals surface area contributed by atoms with Crippen LogP contribution in [-0.2, 0) is 9.53 Å². The second kappa shape index (κ2) is 5.45. The summed E-state index contributed by atoms with van der Waals surface area (Å²) in [6, 6.07) is 9.03. The monoisotopic (exact) mass is 285 g/mol. The lowest BCUT2D eigenvalue weighted by Gasteiger charge is -2.29. The summed E-state index contributed by atoms with van der Waals surface area (Å²) in [5.41, 5.74) is 2.87. The minimum absolute atomic E-state index is 0.182. The van der Waals surface area contributed by atoms with Gasteiger partial charge in [-0.05, 0) is 55.6 Å². The Kier molecular flexibility index (Phi) is 3.46. The maximum absolute atomic E-state index is 12.7. The fourth-order valence-electron chi connectivity index (χ4n) is 3.89. The Balaban J connectivity index is 1.60. The van der Waals surface area contributed by atoms with Crippen molar-refractivity contribution in [1.29, 1.82) is 0 Å². The van der Waals surface area contributed by atoms with Crippen molar-refractivity contribution in [2.45, 2.75) is 56.6 Å². The molecular weight excluding hydrogens is 262 g/mol. The van der Waals surface area contributed by atoms with Gasteiger partial charge in [-0.25, -0.2) is 0 Å². The van der Waals surface area contributed by atoms with Gasteiger partial charge < -0.3 is 9.64 Å². The summed E-state index contributed by atoms with van der Waals surface area (Å²) in [6.07, 6.45) is 6.57. The Morgan fingerprint density at radius 1 is 1.05 bits per heavy atom. The molecule has 3 nitrogen and oxygen atoms in total. The van der Waals surface area contributed by atoms with Crippen LogP contribution >= 0.6 is 0 Å². The number of carbonyl (C=O) groups excluding carboxylic acids is 1. The van der Waals surface area contributed by atoms with Crippen molar-refractivity contribution < 1.29 is 9.53 Å². The Hall–Kier alpha value is -1.35. The van der Waals surface area contributed by atoms with Crippen molar-refractivity contribution in [2.75, 3.05) is 13.2 Å². The lowest BCUT2D eigenvalue weighted by molar-refractivity contribution is -0.141. The molecule has 3 heteroatoms. The summed E-state index contributed by atoms with van der Waals surface area (Å²) >= 11 is 0. The number of carbonyl (C=O) groups is 1. The van der Waals surface area contributed by atoms with Gasteiger partial charge in [0.05, 0.1) is 6.04 Å². The van der Waals surface area contributed by atoms with Gasteiger partial charge in [0.25, 0.3) is 5.91 Å². The molecule has 0 spiro atoms. The highest BCUT2D eigenvalue weighted by atomic mass is 16.5. The van der Waals surface area contributed by atoms with Gasteiger partial charge in [0.1, 0.15) is 6.10 Å². The largest absolute Gasteiger partial charge is 0.368 e. The van der Waals surface area contributed by atoms with Crippen LogP contribution in [0.25, 0.3) is 0 Å². The molecule has 1 saturated carbocycles. The Bertz CT molecular complexity index is 532. The second-order valence-corrected chi connectivity index (χ2v) is 6.59. The number of amides is 1. The smallest absolute Gasteiger partial charge is 0.252 e. The third-order valence-electron chi connectivity index (χ3n) is 5.11. The van der Waals surface area contributed by atoms with Gasteiger partial charge >= 0.3 is 0 Å². The lowest BCUT2D eigenvalue weighted by atomic mass is 9.95. The molecule has 2 heterocycles. The van der Waals surface area contributed by atoms with Gasteiger partial charge in [-0.15, -0.1) is 0 Å². The van der Waals surface area contributed by atoms with E-state index in [1.165, 1.54) is 24.0 Å². The Morgan fingerprint density at radius 2 is 1.86 bits per heavy atom. The molecule has 3 fully saturated rings. The average molecular weight is 285 g/mol. The molecule has 0 aromatic heterocycles. The summed E-state index contributed by atoms with van der Waals surface area (Å²) < 4.78 is 5.61. The maximum Gasteiger partial charge on any atom is 0.252 e. The zero-order chi connectivity index (χ0) is 14.2.